The molecule has 0 amide bonds. The maximum Gasteiger partial charge on any atom is 0.154 e. The van der Waals surface area contributed by atoms with Gasteiger partial charge in [-0.1, -0.05) is 18.2 Å². The van der Waals surface area contributed by atoms with E-state index in [1.165, 1.54) is 16.5 Å². The highest BCUT2D eigenvalue weighted by Crippen LogP contribution is 2.36. The predicted molar refractivity (Wildman–Crippen MR) is 98.4 cm³/mol. The Morgan fingerprint density at radius 2 is 2.16 bits per heavy atom. The van der Waals surface area contributed by atoms with Gasteiger partial charge < -0.3 is 4.57 Å². The van der Waals surface area contributed by atoms with Crippen LogP contribution >= 0.6 is 0 Å². The van der Waals surface area contributed by atoms with Gasteiger partial charge in [-0.25, -0.2) is 4.39 Å². The lowest BCUT2D eigenvalue weighted by atomic mass is 9.88. The molecule has 1 saturated heterocycles. The summed E-state index contributed by atoms with van der Waals surface area (Å²) in [6.07, 6.45) is 3.69. The Hall–Kier alpha value is -2.14. The second-order valence-corrected chi connectivity index (χ2v) is 7.20. The summed E-state index contributed by atoms with van der Waals surface area (Å²) < 4.78 is 16.9. The zero-order chi connectivity index (χ0) is 17.4. The number of hydrogen-bond acceptors (Lipinski definition) is 2. The summed E-state index contributed by atoms with van der Waals surface area (Å²) in [5.41, 5.74) is 4.59. The van der Waals surface area contributed by atoms with Gasteiger partial charge in [0.05, 0.1) is 5.69 Å². The molecule has 0 saturated carbocycles. The number of nitrogens with zero attached hydrogens (tertiary/aromatic N) is 3. The fraction of sp³-hybridized carbons (Fsp3) is 0.450. The summed E-state index contributed by atoms with van der Waals surface area (Å²) >= 11 is 0. The molecular formula is C20H25FN4. The molecule has 3 heterocycles. The molecule has 25 heavy (non-hydrogen) atoms. The van der Waals surface area contributed by atoms with E-state index in [9.17, 15) is 4.39 Å². The number of aromatic amines is 1. The zero-order valence-corrected chi connectivity index (χ0v) is 14.9. The van der Waals surface area contributed by atoms with Crippen LogP contribution in [0.3, 0.4) is 0 Å². The first kappa shape index (κ1) is 16.3. The van der Waals surface area contributed by atoms with Crippen molar-refractivity contribution < 1.29 is 4.39 Å². The Balaban J connectivity index is 1.44. The Labute approximate surface area is 147 Å². The van der Waals surface area contributed by atoms with Gasteiger partial charge in [0.15, 0.2) is 6.30 Å². The number of piperidine rings is 1. The lowest BCUT2D eigenvalue weighted by Crippen LogP contribution is -2.40. The average Bonchev–Trinajstić information content (AvgIpc) is 3.18. The number of nitrogens with one attached hydrogen (secondary N) is 1. The van der Waals surface area contributed by atoms with Gasteiger partial charge in [-0.05, 0) is 43.4 Å². The fourth-order valence-corrected chi connectivity index (χ4v) is 4.06. The van der Waals surface area contributed by atoms with Crippen LogP contribution in [0.2, 0.25) is 0 Å². The molecule has 0 bridgehead atoms. The van der Waals surface area contributed by atoms with Crippen LogP contribution in [-0.4, -0.2) is 39.0 Å². The van der Waals surface area contributed by atoms with Crippen LogP contribution in [-0.2, 0) is 13.5 Å². The van der Waals surface area contributed by atoms with Gasteiger partial charge in [0.1, 0.15) is 0 Å². The Morgan fingerprint density at radius 3 is 2.92 bits per heavy atom. The Kier molecular flexibility index (Phi) is 4.34. The van der Waals surface area contributed by atoms with E-state index in [0.717, 1.165) is 37.3 Å². The lowest BCUT2D eigenvalue weighted by molar-refractivity contribution is 0.0382. The van der Waals surface area contributed by atoms with Crippen LogP contribution in [0.25, 0.3) is 10.9 Å². The number of H-pyrrole nitrogens is 1. The van der Waals surface area contributed by atoms with Crippen molar-refractivity contribution in [2.24, 2.45) is 7.05 Å². The molecule has 4 rings (SSSR count). The Morgan fingerprint density at radius 1 is 1.32 bits per heavy atom. The number of likely N-dealkylation sites (tertiary alicyclic amines) is 1. The average molecular weight is 340 g/mol. The van der Waals surface area contributed by atoms with E-state index in [1.54, 1.807) is 0 Å². The topological polar surface area (TPSA) is 36.9 Å². The molecule has 132 valence electrons. The molecular weight excluding hydrogens is 315 g/mol. The van der Waals surface area contributed by atoms with E-state index in [-0.39, 0.29) is 0 Å². The molecule has 0 spiro atoms. The summed E-state index contributed by atoms with van der Waals surface area (Å²) in [5, 5.41) is 8.47. The molecule has 5 heteroatoms. The SMILES string of the molecule is Cc1cc(CCN2CCC(c3cn(C)c4ccccc34)CC2F)n[nH]1. The maximum atomic E-state index is 14.8. The minimum absolute atomic E-state index is 0.296. The molecule has 3 aromatic rings. The third-order valence-electron chi connectivity index (χ3n) is 5.42. The predicted octanol–water partition coefficient (Wildman–Crippen LogP) is 3.93. The van der Waals surface area contributed by atoms with E-state index in [4.69, 9.17) is 0 Å². The lowest BCUT2D eigenvalue weighted by Gasteiger charge is -2.35. The van der Waals surface area contributed by atoms with E-state index in [0.29, 0.717) is 12.3 Å². The van der Waals surface area contributed by atoms with Gasteiger partial charge in [0, 0.05) is 49.4 Å². The van der Waals surface area contributed by atoms with Crippen LogP contribution in [0.1, 0.15) is 35.7 Å². The fourth-order valence-electron chi connectivity index (χ4n) is 4.06. The normalized spacial score (nSPS) is 21.9. The summed E-state index contributed by atoms with van der Waals surface area (Å²) in [6, 6.07) is 10.5. The number of benzene rings is 1. The molecule has 1 aliphatic heterocycles. The van der Waals surface area contributed by atoms with Crippen molar-refractivity contribution in [2.45, 2.75) is 38.4 Å². The minimum Gasteiger partial charge on any atom is -0.350 e. The largest absolute Gasteiger partial charge is 0.350 e. The van der Waals surface area contributed by atoms with Crippen molar-refractivity contribution in [2.75, 3.05) is 13.1 Å². The number of fused-ring (bicyclic) bond motifs is 1. The van der Waals surface area contributed by atoms with Crippen molar-refractivity contribution in [3.8, 4) is 0 Å². The van der Waals surface area contributed by atoms with Crippen LogP contribution in [0.15, 0.2) is 36.5 Å². The van der Waals surface area contributed by atoms with Crippen LogP contribution in [0, 0.1) is 6.92 Å². The number of alkyl halides is 1. The molecule has 4 nitrogen and oxygen atoms in total. The van der Waals surface area contributed by atoms with Crippen LogP contribution in [0.5, 0.6) is 0 Å². The monoisotopic (exact) mass is 340 g/mol. The molecule has 1 aliphatic rings. The summed E-state index contributed by atoms with van der Waals surface area (Å²) in [4.78, 5) is 1.96. The molecule has 1 aromatic carbocycles. The minimum atomic E-state index is -0.877. The third-order valence-corrected chi connectivity index (χ3v) is 5.42. The van der Waals surface area contributed by atoms with Crippen molar-refractivity contribution in [3.63, 3.8) is 0 Å². The van der Waals surface area contributed by atoms with Crippen molar-refractivity contribution in [1.82, 2.24) is 19.7 Å². The van der Waals surface area contributed by atoms with Crippen LogP contribution < -0.4 is 0 Å². The first-order chi connectivity index (χ1) is 12.1. The molecule has 2 unspecified atom stereocenters. The molecule has 0 aliphatic carbocycles. The van der Waals surface area contributed by atoms with E-state index < -0.39 is 6.30 Å². The number of para-hydroxylation sites is 1. The third kappa shape index (κ3) is 3.21. The molecule has 0 radical (unpaired) electrons. The van der Waals surface area contributed by atoms with E-state index >= 15 is 0 Å². The molecule has 1 N–H and O–H groups in total. The number of rotatable bonds is 4. The van der Waals surface area contributed by atoms with Crippen LogP contribution in [0.4, 0.5) is 4.39 Å². The second-order valence-electron chi connectivity index (χ2n) is 7.20. The number of aromatic nitrogens is 3. The summed E-state index contributed by atoms with van der Waals surface area (Å²) in [6.45, 7) is 3.52. The van der Waals surface area contributed by atoms with Gasteiger partial charge in [-0.15, -0.1) is 0 Å². The number of aryl methyl sites for hydroxylation is 2. The first-order valence-corrected chi connectivity index (χ1v) is 9.05. The van der Waals surface area contributed by atoms with Gasteiger partial charge in [-0.3, -0.25) is 10.00 Å². The van der Waals surface area contributed by atoms with E-state index in [1.807, 2.05) is 17.9 Å². The quantitative estimate of drug-likeness (QED) is 0.731. The van der Waals surface area contributed by atoms with Gasteiger partial charge in [0.25, 0.3) is 0 Å². The van der Waals surface area contributed by atoms with Crippen molar-refractivity contribution >= 4 is 10.9 Å². The Bertz CT molecular complexity index is 866. The molecule has 2 atom stereocenters. The highest BCUT2D eigenvalue weighted by molar-refractivity contribution is 5.84. The number of halogens is 1. The van der Waals surface area contributed by atoms with Gasteiger partial charge in [-0.2, -0.15) is 5.10 Å². The first-order valence-electron chi connectivity index (χ1n) is 9.05. The standard InChI is InChI=1S/C20H25FN4/c1-14-11-16(23-22-14)8-10-25-9-7-15(12-20(25)21)18-13-24(2)19-6-4-3-5-17(18)19/h3-6,11,13,15,20H,7-10,12H2,1-2H3,(H,22,23). The highest BCUT2D eigenvalue weighted by atomic mass is 19.1. The maximum absolute atomic E-state index is 14.8. The van der Waals surface area contributed by atoms with E-state index in [2.05, 4.69) is 52.3 Å². The zero-order valence-electron chi connectivity index (χ0n) is 14.9. The van der Waals surface area contributed by atoms with Gasteiger partial charge >= 0.3 is 0 Å². The summed E-state index contributed by atoms with van der Waals surface area (Å²) in [5.74, 6) is 0.296. The highest BCUT2D eigenvalue weighted by Gasteiger charge is 2.30. The van der Waals surface area contributed by atoms with Crippen molar-refractivity contribution in [1.29, 1.82) is 0 Å². The molecule has 2 aromatic heterocycles. The second kappa shape index (κ2) is 6.64. The summed E-state index contributed by atoms with van der Waals surface area (Å²) in [7, 11) is 2.07. The van der Waals surface area contributed by atoms with Crippen molar-refractivity contribution in [3.05, 3.63) is 53.5 Å². The number of hydrogen-bond donors (Lipinski definition) is 1. The molecule has 1 fully saturated rings. The smallest absolute Gasteiger partial charge is 0.154 e. The van der Waals surface area contributed by atoms with Gasteiger partial charge in [0.2, 0.25) is 0 Å².